The maximum Gasteiger partial charge on any atom is 0.296 e. The SMILES string of the molecule is [O]CC(=O)C(=O)NCCNC(=O)[C]=O. The quantitative estimate of drug-likeness (QED) is 0.359. The molecule has 0 heterocycles. The van der Waals surface area contributed by atoms with Gasteiger partial charge in [-0.2, -0.15) is 0 Å². The van der Waals surface area contributed by atoms with E-state index in [9.17, 15) is 24.3 Å². The lowest BCUT2D eigenvalue weighted by atomic mass is 10.4. The van der Waals surface area contributed by atoms with E-state index in [1.54, 1.807) is 0 Å². The molecule has 2 radical (unpaired) electrons. The number of hydrogen-bond acceptors (Lipinski definition) is 4. The molecular weight excluding hydrogens is 192 g/mol. The van der Waals surface area contributed by atoms with Gasteiger partial charge >= 0.3 is 0 Å². The molecule has 0 fully saturated rings. The largest absolute Gasteiger partial charge is 0.348 e. The van der Waals surface area contributed by atoms with E-state index in [0.717, 1.165) is 6.29 Å². The van der Waals surface area contributed by atoms with E-state index in [0.29, 0.717) is 0 Å². The molecule has 76 valence electrons. The Bertz CT molecular complexity index is 250. The first-order valence-electron chi connectivity index (χ1n) is 3.67. The van der Waals surface area contributed by atoms with Gasteiger partial charge in [-0.3, -0.25) is 19.2 Å². The topological polar surface area (TPSA) is 112 Å². The highest BCUT2D eigenvalue weighted by Gasteiger charge is 2.11. The predicted molar refractivity (Wildman–Crippen MR) is 42.3 cm³/mol. The third-order valence-electron chi connectivity index (χ3n) is 1.17. The van der Waals surface area contributed by atoms with E-state index in [-0.39, 0.29) is 13.1 Å². The second-order valence-corrected chi connectivity index (χ2v) is 2.18. The highest BCUT2D eigenvalue weighted by atomic mass is 16.3. The van der Waals surface area contributed by atoms with Crippen LogP contribution in [-0.2, 0) is 24.3 Å². The van der Waals surface area contributed by atoms with Crippen LogP contribution in [0.25, 0.3) is 0 Å². The maximum absolute atomic E-state index is 10.6. The number of nitrogens with one attached hydrogen (secondary N) is 2. The molecule has 2 N–H and O–H groups in total. The standard InChI is InChI=1S/C7H8N2O5/c10-3-5(12)7(14)9-2-1-8-6(13)4-11/h1-3H2,(H,8,13)(H,9,14). The molecule has 7 nitrogen and oxygen atoms in total. The molecule has 0 aromatic carbocycles. The van der Waals surface area contributed by atoms with E-state index in [2.05, 4.69) is 10.6 Å². The molecule has 0 aromatic rings. The number of Topliss-reactive ketones (excluding diaryl/α,β-unsaturated/α-hetero) is 1. The Morgan fingerprint density at radius 2 is 1.64 bits per heavy atom. The maximum atomic E-state index is 10.6. The van der Waals surface area contributed by atoms with Gasteiger partial charge in [0.25, 0.3) is 18.1 Å². The summed E-state index contributed by atoms with van der Waals surface area (Å²) in [5.41, 5.74) is 0. The molecule has 0 atom stereocenters. The average molecular weight is 200 g/mol. The van der Waals surface area contributed by atoms with E-state index in [1.165, 1.54) is 0 Å². The van der Waals surface area contributed by atoms with E-state index in [1.807, 2.05) is 0 Å². The number of carbonyl (C=O) groups is 3. The molecule has 7 heteroatoms. The van der Waals surface area contributed by atoms with Crippen LogP contribution in [0.1, 0.15) is 0 Å². The molecule has 0 aliphatic heterocycles. The highest BCUT2D eigenvalue weighted by Crippen LogP contribution is 1.70. The van der Waals surface area contributed by atoms with Crippen LogP contribution < -0.4 is 10.6 Å². The van der Waals surface area contributed by atoms with Crippen molar-refractivity contribution in [3.8, 4) is 0 Å². The van der Waals surface area contributed by atoms with Gasteiger partial charge in [-0.15, -0.1) is 0 Å². The summed E-state index contributed by atoms with van der Waals surface area (Å²) >= 11 is 0. The molecule has 0 aliphatic carbocycles. The summed E-state index contributed by atoms with van der Waals surface area (Å²) in [6.07, 6.45) is 1.06. The monoisotopic (exact) mass is 200 g/mol. The van der Waals surface area contributed by atoms with Crippen molar-refractivity contribution in [1.82, 2.24) is 10.6 Å². The first kappa shape index (κ1) is 12.2. The van der Waals surface area contributed by atoms with Crippen molar-refractivity contribution < 1.29 is 24.3 Å². The summed E-state index contributed by atoms with van der Waals surface area (Å²) < 4.78 is 0. The third-order valence-corrected chi connectivity index (χ3v) is 1.17. The molecule has 0 aliphatic rings. The average Bonchev–Trinajstić information content (AvgIpc) is 2.22. The Morgan fingerprint density at radius 1 is 1.07 bits per heavy atom. The van der Waals surface area contributed by atoms with Gasteiger partial charge in [0.05, 0.1) is 0 Å². The van der Waals surface area contributed by atoms with Gasteiger partial charge in [0, 0.05) is 13.1 Å². The van der Waals surface area contributed by atoms with Gasteiger partial charge in [-0.1, -0.05) is 0 Å². The lowest BCUT2D eigenvalue weighted by Crippen LogP contribution is -2.38. The van der Waals surface area contributed by atoms with E-state index in [4.69, 9.17) is 0 Å². The molecule has 0 bridgehead atoms. The molecule has 0 saturated heterocycles. The zero-order valence-electron chi connectivity index (χ0n) is 7.16. The number of amides is 2. The fourth-order valence-electron chi connectivity index (χ4n) is 0.552. The lowest BCUT2D eigenvalue weighted by Gasteiger charge is -2.02. The summed E-state index contributed by atoms with van der Waals surface area (Å²) in [6, 6.07) is 0. The van der Waals surface area contributed by atoms with Crippen molar-refractivity contribution >= 4 is 23.9 Å². The summed E-state index contributed by atoms with van der Waals surface area (Å²) in [5, 5.41) is 14.1. The lowest BCUT2D eigenvalue weighted by molar-refractivity contribution is -0.140. The van der Waals surface area contributed by atoms with Gasteiger partial charge in [-0.25, -0.2) is 5.11 Å². The van der Waals surface area contributed by atoms with Crippen molar-refractivity contribution in [3.05, 3.63) is 0 Å². The number of hydrogen-bond donors (Lipinski definition) is 2. The Kier molecular flexibility index (Phi) is 5.88. The number of carbonyl (C=O) groups excluding carboxylic acids is 4. The van der Waals surface area contributed by atoms with Crippen LogP contribution in [0.3, 0.4) is 0 Å². The second kappa shape index (κ2) is 6.72. The number of ketones is 1. The molecule has 2 amide bonds. The van der Waals surface area contributed by atoms with Crippen LogP contribution in [0.5, 0.6) is 0 Å². The normalized spacial score (nSPS) is 8.93. The zero-order chi connectivity index (χ0) is 11.0. The molecule has 0 spiro atoms. The summed E-state index contributed by atoms with van der Waals surface area (Å²) in [7, 11) is 0. The van der Waals surface area contributed by atoms with Gasteiger partial charge in [-0.05, 0) is 0 Å². The second-order valence-electron chi connectivity index (χ2n) is 2.18. The fourth-order valence-corrected chi connectivity index (χ4v) is 0.552. The van der Waals surface area contributed by atoms with Crippen molar-refractivity contribution in [2.24, 2.45) is 0 Å². The molecule has 0 unspecified atom stereocenters. The minimum absolute atomic E-state index is 0.00799. The van der Waals surface area contributed by atoms with Gasteiger partial charge < -0.3 is 10.6 Å². The van der Waals surface area contributed by atoms with Crippen LogP contribution in [0.15, 0.2) is 0 Å². The molecular formula is C7H8N2O5. The molecule has 0 aromatic heterocycles. The number of rotatable bonds is 6. The Balaban J connectivity index is 3.55. The van der Waals surface area contributed by atoms with Crippen LogP contribution in [0.2, 0.25) is 0 Å². The highest BCUT2D eigenvalue weighted by molar-refractivity contribution is 6.36. The first-order valence-corrected chi connectivity index (χ1v) is 3.67. The minimum Gasteiger partial charge on any atom is -0.348 e. The zero-order valence-corrected chi connectivity index (χ0v) is 7.16. The van der Waals surface area contributed by atoms with Crippen LogP contribution in [0, 0.1) is 0 Å². The fraction of sp³-hybridized carbons (Fsp3) is 0.429. The summed E-state index contributed by atoms with van der Waals surface area (Å²) in [6.45, 7) is -1.15. The van der Waals surface area contributed by atoms with Crippen molar-refractivity contribution in [2.45, 2.75) is 0 Å². The van der Waals surface area contributed by atoms with E-state index >= 15 is 0 Å². The summed E-state index contributed by atoms with van der Waals surface area (Å²) in [4.78, 5) is 41.0. The molecule has 0 rings (SSSR count). The van der Waals surface area contributed by atoms with Crippen molar-refractivity contribution in [1.29, 1.82) is 0 Å². The molecule has 0 saturated carbocycles. The van der Waals surface area contributed by atoms with E-state index < -0.39 is 24.2 Å². The predicted octanol–water partition coefficient (Wildman–Crippen LogP) is -2.67. The van der Waals surface area contributed by atoms with Crippen LogP contribution in [-0.4, -0.2) is 43.6 Å². The summed E-state index contributed by atoms with van der Waals surface area (Å²) in [5.74, 6) is -3.00. The van der Waals surface area contributed by atoms with Gasteiger partial charge in [0.2, 0.25) is 5.78 Å². The molecule has 14 heavy (non-hydrogen) atoms. The van der Waals surface area contributed by atoms with Crippen molar-refractivity contribution in [3.63, 3.8) is 0 Å². The van der Waals surface area contributed by atoms with Gasteiger partial charge in [0.1, 0.15) is 0 Å². The third kappa shape index (κ3) is 4.99. The Hall–Kier alpha value is -1.76. The van der Waals surface area contributed by atoms with Crippen molar-refractivity contribution in [2.75, 3.05) is 19.7 Å². The van der Waals surface area contributed by atoms with Crippen LogP contribution >= 0.6 is 0 Å². The minimum atomic E-state index is -1.11. The Morgan fingerprint density at radius 3 is 2.14 bits per heavy atom. The first-order chi connectivity index (χ1) is 6.61. The van der Waals surface area contributed by atoms with Gasteiger partial charge in [0.15, 0.2) is 6.61 Å². The Labute approximate surface area is 79.5 Å². The van der Waals surface area contributed by atoms with Crippen LogP contribution in [0.4, 0.5) is 0 Å². The smallest absolute Gasteiger partial charge is 0.296 e.